The number of piperazine rings is 1. The molecule has 1 aliphatic rings. The summed E-state index contributed by atoms with van der Waals surface area (Å²) in [6.45, 7) is 6.58. The maximum atomic E-state index is 13.1. The Morgan fingerprint density at radius 3 is 2.35 bits per heavy atom. The Morgan fingerprint density at radius 1 is 0.903 bits per heavy atom. The smallest absolute Gasteiger partial charge is 0.273 e. The molecule has 4 heterocycles. The van der Waals surface area contributed by atoms with Crippen LogP contribution >= 0.6 is 0 Å². The topological polar surface area (TPSA) is 80.0 Å². The summed E-state index contributed by atoms with van der Waals surface area (Å²) in [7, 11) is 0. The molecule has 5 rings (SSSR count). The van der Waals surface area contributed by atoms with Gasteiger partial charge in [0.25, 0.3) is 5.91 Å². The highest BCUT2D eigenvalue weighted by Gasteiger charge is 2.25. The summed E-state index contributed by atoms with van der Waals surface area (Å²) < 4.78 is 1.79. The predicted molar refractivity (Wildman–Crippen MR) is 118 cm³/mol. The Balaban J connectivity index is 1.28. The number of nitrogens with zero attached hydrogens (tertiary/aromatic N) is 7. The van der Waals surface area contributed by atoms with E-state index in [1.807, 2.05) is 67.3 Å². The number of anilines is 1. The largest absolute Gasteiger partial charge is 0.352 e. The monoisotopic (exact) mass is 413 g/mol. The molecule has 8 heteroatoms. The van der Waals surface area contributed by atoms with E-state index in [-0.39, 0.29) is 5.91 Å². The number of pyridine rings is 1. The fourth-order valence-corrected chi connectivity index (χ4v) is 4.04. The van der Waals surface area contributed by atoms with Crippen LogP contribution in [0.4, 0.5) is 5.82 Å². The van der Waals surface area contributed by atoms with E-state index in [4.69, 9.17) is 0 Å². The summed E-state index contributed by atoms with van der Waals surface area (Å²) in [6, 6.07) is 15.7. The molecule has 0 N–H and O–H groups in total. The minimum Gasteiger partial charge on any atom is -0.352 e. The number of rotatable bonds is 3. The average molecular weight is 413 g/mol. The molecule has 0 spiro atoms. The number of fused-ring (bicyclic) bond motifs is 1. The lowest BCUT2D eigenvalue weighted by Crippen LogP contribution is -2.49. The molecule has 0 unspecified atom stereocenters. The van der Waals surface area contributed by atoms with Crippen LogP contribution in [0.5, 0.6) is 0 Å². The Morgan fingerprint density at radius 2 is 1.65 bits per heavy atom. The van der Waals surface area contributed by atoms with Crippen molar-refractivity contribution in [1.29, 1.82) is 0 Å². The molecule has 0 atom stereocenters. The number of carbonyl (C=O) groups excluding carboxylic acids is 1. The first-order chi connectivity index (χ1) is 15.1. The Hall–Kier alpha value is -3.81. The number of carbonyl (C=O) groups is 1. The molecule has 0 bridgehead atoms. The van der Waals surface area contributed by atoms with Gasteiger partial charge in [0.2, 0.25) is 0 Å². The molecule has 1 fully saturated rings. The lowest BCUT2D eigenvalue weighted by molar-refractivity contribution is 0.0743. The zero-order valence-corrected chi connectivity index (χ0v) is 17.6. The van der Waals surface area contributed by atoms with E-state index >= 15 is 0 Å². The van der Waals surface area contributed by atoms with Crippen LogP contribution in [-0.2, 0) is 0 Å². The SMILES string of the molecule is Cc1cc(C)n(-c2ccc(N3CCN(C(=O)c4nccc5ccccc45)CC3)nn2)n1. The second kappa shape index (κ2) is 7.79. The van der Waals surface area contributed by atoms with Gasteiger partial charge in [-0.2, -0.15) is 5.10 Å². The number of hydrogen-bond acceptors (Lipinski definition) is 6. The zero-order valence-electron chi connectivity index (χ0n) is 17.6. The van der Waals surface area contributed by atoms with E-state index in [1.54, 1.807) is 10.9 Å². The van der Waals surface area contributed by atoms with Gasteiger partial charge in [0.05, 0.1) is 5.69 Å². The summed E-state index contributed by atoms with van der Waals surface area (Å²) >= 11 is 0. The van der Waals surface area contributed by atoms with Crippen LogP contribution in [-0.4, -0.2) is 61.9 Å². The molecule has 0 radical (unpaired) electrons. The van der Waals surface area contributed by atoms with Gasteiger partial charge in [-0.1, -0.05) is 24.3 Å². The zero-order chi connectivity index (χ0) is 21.4. The number of aromatic nitrogens is 5. The van der Waals surface area contributed by atoms with Crippen LogP contribution < -0.4 is 4.90 Å². The predicted octanol–water partition coefficient (Wildman–Crippen LogP) is 2.79. The summed E-state index contributed by atoms with van der Waals surface area (Å²) in [5.41, 5.74) is 2.49. The van der Waals surface area contributed by atoms with E-state index in [2.05, 4.69) is 25.2 Å². The molecule has 3 aromatic heterocycles. The van der Waals surface area contributed by atoms with Gasteiger partial charge in [-0.25, -0.2) is 4.68 Å². The average Bonchev–Trinajstić information content (AvgIpc) is 3.16. The van der Waals surface area contributed by atoms with Gasteiger partial charge < -0.3 is 9.80 Å². The van der Waals surface area contributed by atoms with E-state index in [1.165, 1.54) is 0 Å². The first-order valence-corrected chi connectivity index (χ1v) is 10.4. The number of aryl methyl sites for hydroxylation is 2. The minimum atomic E-state index is -0.0255. The first-order valence-electron chi connectivity index (χ1n) is 10.4. The molecular formula is C23H23N7O. The second-order valence-electron chi connectivity index (χ2n) is 7.75. The van der Waals surface area contributed by atoms with Crippen LogP contribution in [0.1, 0.15) is 21.9 Å². The van der Waals surface area contributed by atoms with E-state index < -0.39 is 0 Å². The molecule has 4 aromatic rings. The van der Waals surface area contributed by atoms with Gasteiger partial charge in [0.15, 0.2) is 11.6 Å². The van der Waals surface area contributed by atoms with E-state index in [0.29, 0.717) is 37.7 Å². The molecule has 1 aromatic carbocycles. The maximum Gasteiger partial charge on any atom is 0.273 e. The van der Waals surface area contributed by atoms with Crippen molar-refractivity contribution in [2.75, 3.05) is 31.1 Å². The second-order valence-corrected chi connectivity index (χ2v) is 7.75. The molecular weight excluding hydrogens is 390 g/mol. The highest BCUT2D eigenvalue weighted by molar-refractivity contribution is 6.05. The van der Waals surface area contributed by atoms with E-state index in [9.17, 15) is 4.79 Å². The van der Waals surface area contributed by atoms with Crippen LogP contribution in [0.25, 0.3) is 16.6 Å². The maximum absolute atomic E-state index is 13.1. The van der Waals surface area contributed by atoms with Crippen LogP contribution in [0.3, 0.4) is 0 Å². The molecule has 31 heavy (non-hydrogen) atoms. The van der Waals surface area contributed by atoms with Crippen molar-refractivity contribution in [2.45, 2.75) is 13.8 Å². The molecule has 8 nitrogen and oxygen atoms in total. The van der Waals surface area contributed by atoms with Crippen molar-refractivity contribution >= 4 is 22.5 Å². The molecule has 1 aliphatic heterocycles. The lowest BCUT2D eigenvalue weighted by atomic mass is 10.1. The van der Waals surface area contributed by atoms with Crippen molar-refractivity contribution < 1.29 is 4.79 Å². The fourth-order valence-electron chi connectivity index (χ4n) is 4.04. The Labute approximate surface area is 180 Å². The normalized spacial score (nSPS) is 14.3. The molecule has 0 saturated carbocycles. The van der Waals surface area contributed by atoms with Crippen molar-refractivity contribution in [3.8, 4) is 5.82 Å². The summed E-state index contributed by atoms with van der Waals surface area (Å²) in [6.07, 6.45) is 1.70. The molecule has 156 valence electrons. The van der Waals surface area contributed by atoms with Crippen molar-refractivity contribution in [3.63, 3.8) is 0 Å². The quantitative estimate of drug-likeness (QED) is 0.514. The fraction of sp³-hybridized carbons (Fsp3) is 0.261. The third kappa shape index (κ3) is 3.61. The molecule has 0 aliphatic carbocycles. The number of benzene rings is 1. The number of hydrogen-bond donors (Lipinski definition) is 0. The van der Waals surface area contributed by atoms with Crippen molar-refractivity contribution in [2.24, 2.45) is 0 Å². The molecule has 1 amide bonds. The first kappa shape index (κ1) is 19.2. The van der Waals surface area contributed by atoms with Gasteiger partial charge >= 0.3 is 0 Å². The van der Waals surface area contributed by atoms with Crippen LogP contribution in [0.2, 0.25) is 0 Å². The third-order valence-electron chi connectivity index (χ3n) is 5.63. The molecule has 1 saturated heterocycles. The van der Waals surface area contributed by atoms with Gasteiger partial charge in [-0.15, -0.1) is 10.2 Å². The summed E-state index contributed by atoms with van der Waals surface area (Å²) in [4.78, 5) is 21.5. The van der Waals surface area contributed by atoms with Gasteiger partial charge in [-0.05, 0) is 43.5 Å². The van der Waals surface area contributed by atoms with Gasteiger partial charge in [0.1, 0.15) is 5.69 Å². The number of amides is 1. The van der Waals surface area contributed by atoms with Crippen molar-refractivity contribution in [1.82, 2.24) is 29.9 Å². The van der Waals surface area contributed by atoms with Gasteiger partial charge in [-0.3, -0.25) is 9.78 Å². The van der Waals surface area contributed by atoms with Crippen LogP contribution in [0, 0.1) is 13.8 Å². The lowest BCUT2D eigenvalue weighted by Gasteiger charge is -2.35. The highest BCUT2D eigenvalue weighted by Crippen LogP contribution is 2.20. The van der Waals surface area contributed by atoms with Gasteiger partial charge in [0, 0.05) is 43.5 Å². The minimum absolute atomic E-state index is 0.0255. The Bertz CT molecular complexity index is 1240. The summed E-state index contributed by atoms with van der Waals surface area (Å²) in [5.74, 6) is 1.48. The van der Waals surface area contributed by atoms with E-state index in [0.717, 1.165) is 28.0 Å². The van der Waals surface area contributed by atoms with Crippen molar-refractivity contribution in [3.05, 3.63) is 71.8 Å². The third-order valence-corrected chi connectivity index (χ3v) is 5.63. The Kier molecular flexibility index (Phi) is 4.82. The van der Waals surface area contributed by atoms with Crippen LogP contribution in [0.15, 0.2) is 54.7 Å². The summed E-state index contributed by atoms with van der Waals surface area (Å²) in [5, 5.41) is 15.1. The highest BCUT2D eigenvalue weighted by atomic mass is 16.2. The standard InChI is InChI=1S/C23H23N7O/c1-16-15-17(2)30(27-16)21-8-7-20(25-26-21)28-11-13-29(14-12-28)23(31)22-19-6-4-3-5-18(19)9-10-24-22/h3-10,15H,11-14H2,1-2H3.